The number of halogens is 3. The topological polar surface area (TPSA) is 135 Å². The summed E-state index contributed by atoms with van der Waals surface area (Å²) >= 11 is 0. The minimum absolute atomic E-state index is 0.418. The average molecular weight is 317 g/mol. The second-order valence-electron chi connectivity index (χ2n) is 3.17. The van der Waals surface area contributed by atoms with E-state index in [0.29, 0.717) is 6.07 Å². The van der Waals surface area contributed by atoms with Gasteiger partial charge in [-0.2, -0.15) is 0 Å². The van der Waals surface area contributed by atoms with Crippen LogP contribution >= 0.6 is 0 Å². The Bertz CT molecular complexity index is 644. The van der Waals surface area contributed by atoms with Crippen molar-refractivity contribution in [2.24, 2.45) is 5.14 Å². The second-order valence-corrected chi connectivity index (χ2v) is 4.70. The number of hydrogen-bond donors (Lipinski definition) is 1. The van der Waals surface area contributed by atoms with Gasteiger partial charge in [0.15, 0.2) is 4.90 Å². The van der Waals surface area contributed by atoms with Crippen molar-refractivity contribution in [2.45, 2.75) is 11.3 Å². The highest BCUT2D eigenvalue weighted by Gasteiger charge is 2.39. The minimum Gasteiger partial charge on any atom is -0.489 e. The van der Waals surface area contributed by atoms with Crippen molar-refractivity contribution < 1.29 is 36.0 Å². The lowest BCUT2D eigenvalue weighted by Crippen LogP contribution is -2.22. The largest absolute Gasteiger partial charge is 0.575 e. The summed E-state index contributed by atoms with van der Waals surface area (Å²) in [7, 11) is -3.74. The van der Waals surface area contributed by atoms with Gasteiger partial charge in [0.2, 0.25) is 15.8 Å². The number of nitrogens with two attached hydrogens (primary N) is 1. The van der Waals surface area contributed by atoms with Crippen molar-refractivity contribution in [3.8, 4) is 11.6 Å². The molecular weight excluding hydrogens is 311 g/mol. The summed E-state index contributed by atoms with van der Waals surface area (Å²) in [4.78, 5) is 11.1. The molecule has 1 heterocycles. The third-order valence-electron chi connectivity index (χ3n) is 1.81. The normalized spacial score (nSPS) is 12.1. The van der Waals surface area contributed by atoms with E-state index in [9.17, 15) is 31.7 Å². The van der Waals surface area contributed by atoms with Crippen LogP contribution in [0.15, 0.2) is 11.0 Å². The molecule has 112 valence electrons. The fourth-order valence-corrected chi connectivity index (χ4v) is 1.72. The number of alkyl halides is 3. The van der Waals surface area contributed by atoms with Gasteiger partial charge in [0.05, 0.1) is 7.11 Å². The number of methoxy groups -OCH3 is 1. The van der Waals surface area contributed by atoms with Crippen molar-refractivity contribution in [3.63, 3.8) is 0 Å². The van der Waals surface area contributed by atoms with E-state index in [-0.39, 0.29) is 0 Å². The molecule has 0 fully saturated rings. The fourth-order valence-electron chi connectivity index (χ4n) is 1.12. The first-order chi connectivity index (χ1) is 8.95. The van der Waals surface area contributed by atoms with Crippen molar-refractivity contribution in [1.82, 2.24) is 4.98 Å². The second kappa shape index (κ2) is 5.09. The lowest BCUT2D eigenvalue weighted by Gasteiger charge is -2.09. The van der Waals surface area contributed by atoms with Gasteiger partial charge in [0.25, 0.3) is 0 Å². The van der Waals surface area contributed by atoms with Gasteiger partial charge in [0, 0.05) is 11.1 Å². The molecule has 0 amide bonds. The summed E-state index contributed by atoms with van der Waals surface area (Å²) < 4.78 is 66.5. The smallest absolute Gasteiger partial charge is 0.489 e. The van der Waals surface area contributed by atoms with Gasteiger partial charge in [-0.15, -0.1) is 13.2 Å². The summed E-state index contributed by atoms with van der Waals surface area (Å²) in [6, 6.07) is 0.418. The van der Waals surface area contributed by atoms with Crippen LogP contribution in [-0.2, 0) is 10.0 Å². The van der Waals surface area contributed by atoms with Gasteiger partial charge < -0.3 is 19.6 Å². The predicted molar refractivity (Wildman–Crippen MR) is 55.5 cm³/mol. The zero-order chi connectivity index (χ0) is 15.7. The first kappa shape index (κ1) is 15.9. The van der Waals surface area contributed by atoms with Gasteiger partial charge in [-0.3, -0.25) is 0 Å². The van der Waals surface area contributed by atoms with Crippen LogP contribution in [0.3, 0.4) is 0 Å². The number of nitrogens with zero attached hydrogens (tertiary/aromatic N) is 2. The lowest BCUT2D eigenvalue weighted by molar-refractivity contribution is -0.391. The van der Waals surface area contributed by atoms with E-state index in [1.54, 1.807) is 0 Å². The van der Waals surface area contributed by atoms with E-state index in [4.69, 9.17) is 0 Å². The number of ether oxygens (including phenoxy) is 2. The molecule has 0 aliphatic rings. The molecule has 0 unspecified atom stereocenters. The van der Waals surface area contributed by atoms with Crippen LogP contribution in [0, 0.1) is 10.1 Å². The SMILES string of the molecule is COc1cc(S(N)(=O)=O)c(OC(F)(F)F)nc1[N+](=O)[O-]. The van der Waals surface area contributed by atoms with Crippen LogP contribution in [0.25, 0.3) is 0 Å². The molecule has 0 aliphatic carbocycles. The monoisotopic (exact) mass is 317 g/mol. The van der Waals surface area contributed by atoms with Gasteiger partial charge in [-0.05, 0) is 4.92 Å². The van der Waals surface area contributed by atoms with Gasteiger partial charge in [-0.25, -0.2) is 13.6 Å². The van der Waals surface area contributed by atoms with E-state index in [2.05, 4.69) is 19.6 Å². The summed E-state index contributed by atoms with van der Waals surface area (Å²) in [5.74, 6) is -3.40. The number of nitro groups is 1. The van der Waals surface area contributed by atoms with Gasteiger partial charge in [-0.1, -0.05) is 0 Å². The van der Waals surface area contributed by atoms with Crippen molar-refractivity contribution in [3.05, 3.63) is 16.2 Å². The molecule has 0 aromatic carbocycles. The standard InChI is InChI=1S/C7H6F3N3O6S/c1-18-3-2-4(20(11,16)17)6(19-7(8,9)10)12-5(3)13(14)15/h2H,1H3,(H2,11,16,17). The summed E-state index contributed by atoms with van der Waals surface area (Å²) in [6.07, 6.45) is -5.31. The van der Waals surface area contributed by atoms with Crippen molar-refractivity contribution >= 4 is 15.8 Å². The Morgan fingerprint density at radius 2 is 2.00 bits per heavy atom. The van der Waals surface area contributed by atoms with Gasteiger partial charge >= 0.3 is 18.1 Å². The molecule has 20 heavy (non-hydrogen) atoms. The Morgan fingerprint density at radius 1 is 1.45 bits per heavy atom. The average Bonchev–Trinajstić information content (AvgIpc) is 2.24. The third kappa shape index (κ3) is 3.67. The number of aromatic nitrogens is 1. The summed E-state index contributed by atoms with van der Waals surface area (Å²) in [5, 5.41) is 15.3. The molecule has 13 heteroatoms. The first-order valence-electron chi connectivity index (χ1n) is 4.47. The Kier molecular flexibility index (Phi) is 4.04. The van der Waals surface area contributed by atoms with Crippen LogP contribution in [0.5, 0.6) is 11.6 Å². The Labute approximate surface area is 109 Å². The van der Waals surface area contributed by atoms with E-state index in [1.165, 1.54) is 0 Å². The molecule has 9 nitrogen and oxygen atoms in total. The zero-order valence-corrected chi connectivity index (χ0v) is 10.4. The van der Waals surface area contributed by atoms with Crippen LogP contribution in [0.2, 0.25) is 0 Å². The molecule has 0 saturated carbocycles. The van der Waals surface area contributed by atoms with Crippen LogP contribution in [0.4, 0.5) is 19.0 Å². The maximum Gasteiger partial charge on any atom is 0.575 e. The molecule has 1 rings (SSSR count). The van der Waals surface area contributed by atoms with E-state index >= 15 is 0 Å². The highest BCUT2D eigenvalue weighted by atomic mass is 32.2. The Morgan fingerprint density at radius 3 is 2.35 bits per heavy atom. The summed E-state index contributed by atoms with van der Waals surface area (Å²) in [6.45, 7) is 0. The molecule has 1 aromatic rings. The molecular formula is C7H6F3N3O6S. The molecule has 2 N–H and O–H groups in total. The molecule has 0 spiro atoms. The third-order valence-corrected chi connectivity index (χ3v) is 2.72. The molecule has 0 bridgehead atoms. The molecule has 0 radical (unpaired) electrons. The number of hydrogen-bond acceptors (Lipinski definition) is 7. The number of sulfonamides is 1. The van der Waals surface area contributed by atoms with Crippen molar-refractivity contribution in [1.29, 1.82) is 0 Å². The summed E-state index contributed by atoms with van der Waals surface area (Å²) in [5.41, 5.74) is 0. The minimum atomic E-state index is -5.31. The maximum atomic E-state index is 12.1. The highest BCUT2D eigenvalue weighted by Crippen LogP contribution is 2.35. The number of primary sulfonamides is 1. The van der Waals surface area contributed by atoms with E-state index < -0.39 is 43.7 Å². The molecule has 0 saturated heterocycles. The van der Waals surface area contributed by atoms with Crippen LogP contribution in [-0.4, -0.2) is 31.8 Å². The Balaban J connectivity index is 3.61. The Hall–Kier alpha value is -2.15. The first-order valence-corrected chi connectivity index (χ1v) is 6.02. The van der Waals surface area contributed by atoms with E-state index in [0.717, 1.165) is 7.11 Å². The molecule has 1 aromatic heterocycles. The number of rotatable bonds is 4. The van der Waals surface area contributed by atoms with Crippen LogP contribution in [0.1, 0.15) is 0 Å². The molecule has 0 atom stereocenters. The maximum absolute atomic E-state index is 12.1. The molecule has 0 aliphatic heterocycles. The van der Waals surface area contributed by atoms with Gasteiger partial charge in [0.1, 0.15) is 0 Å². The van der Waals surface area contributed by atoms with Crippen molar-refractivity contribution in [2.75, 3.05) is 7.11 Å². The predicted octanol–water partition coefficient (Wildman–Crippen LogP) is 0.544. The quantitative estimate of drug-likeness (QED) is 0.632. The fraction of sp³-hybridized carbons (Fsp3) is 0.286. The van der Waals surface area contributed by atoms with Crippen LogP contribution < -0.4 is 14.6 Å². The zero-order valence-electron chi connectivity index (χ0n) is 9.54. The lowest BCUT2D eigenvalue weighted by atomic mass is 10.4. The highest BCUT2D eigenvalue weighted by molar-refractivity contribution is 7.89. The number of pyridine rings is 1. The van der Waals surface area contributed by atoms with E-state index in [1.807, 2.05) is 0 Å².